The third kappa shape index (κ3) is 3.89. The summed E-state index contributed by atoms with van der Waals surface area (Å²) in [6.07, 6.45) is 0.714. The van der Waals surface area contributed by atoms with Crippen molar-refractivity contribution in [2.45, 2.75) is 13.3 Å². The minimum absolute atomic E-state index is 0.0811. The Kier molecular flexibility index (Phi) is 5.94. The van der Waals surface area contributed by atoms with E-state index in [-0.39, 0.29) is 16.2 Å². The van der Waals surface area contributed by atoms with Crippen LogP contribution in [0.15, 0.2) is 12.1 Å². The fourth-order valence-corrected chi connectivity index (χ4v) is 1.58. The van der Waals surface area contributed by atoms with Crippen LogP contribution in [0.2, 0.25) is 0 Å². The zero-order valence-corrected chi connectivity index (χ0v) is 10.9. The number of benzene rings is 1. The van der Waals surface area contributed by atoms with E-state index in [0.717, 1.165) is 0 Å². The molecule has 0 aliphatic rings. The van der Waals surface area contributed by atoms with E-state index in [2.05, 4.69) is 17.5 Å². The number of nitrogens with one attached hydrogen (secondary N) is 1. The second kappa shape index (κ2) is 7.23. The molecule has 1 aromatic rings. The Morgan fingerprint density at radius 1 is 1.39 bits per heavy atom. The molecule has 0 fully saturated rings. The van der Waals surface area contributed by atoms with Crippen LogP contribution in [0.1, 0.15) is 18.9 Å². The summed E-state index contributed by atoms with van der Waals surface area (Å²) in [5, 5.41) is 2.80. The van der Waals surface area contributed by atoms with Gasteiger partial charge in [0.05, 0.1) is 5.69 Å². The van der Waals surface area contributed by atoms with Crippen molar-refractivity contribution < 1.29 is 13.5 Å². The molecular weight excluding hydrogens is 258 g/mol. The van der Waals surface area contributed by atoms with Crippen molar-refractivity contribution >= 4 is 22.9 Å². The molecule has 0 radical (unpaired) electrons. The first-order chi connectivity index (χ1) is 8.57. The lowest BCUT2D eigenvalue weighted by molar-refractivity contribution is 0.147. The van der Waals surface area contributed by atoms with Crippen LogP contribution in [0.25, 0.3) is 0 Å². The second-order valence-electron chi connectivity index (χ2n) is 3.63. The van der Waals surface area contributed by atoms with Gasteiger partial charge < -0.3 is 15.8 Å². The molecule has 0 bridgehead atoms. The van der Waals surface area contributed by atoms with E-state index in [4.69, 9.17) is 10.5 Å². The van der Waals surface area contributed by atoms with Gasteiger partial charge in [0.1, 0.15) is 4.99 Å². The Bertz CT molecular complexity index is 427. The van der Waals surface area contributed by atoms with Crippen LogP contribution in [0.5, 0.6) is 0 Å². The Balaban J connectivity index is 2.62. The van der Waals surface area contributed by atoms with Crippen molar-refractivity contribution in [3.8, 4) is 0 Å². The first-order valence-electron chi connectivity index (χ1n) is 5.67. The van der Waals surface area contributed by atoms with Gasteiger partial charge in [0.25, 0.3) is 0 Å². The fraction of sp³-hybridized carbons (Fsp3) is 0.417. The fourth-order valence-electron chi connectivity index (χ4n) is 1.42. The number of nitrogens with two attached hydrogens (primary N) is 1. The van der Waals surface area contributed by atoms with E-state index in [1.165, 1.54) is 12.1 Å². The summed E-state index contributed by atoms with van der Waals surface area (Å²) in [4.78, 5) is -0.158. The molecule has 0 atom stereocenters. The van der Waals surface area contributed by atoms with Crippen LogP contribution in [0.3, 0.4) is 0 Å². The Labute approximate surface area is 110 Å². The maximum Gasteiger partial charge on any atom is 0.182 e. The first-order valence-corrected chi connectivity index (χ1v) is 6.08. The Morgan fingerprint density at radius 3 is 2.72 bits per heavy atom. The summed E-state index contributed by atoms with van der Waals surface area (Å²) >= 11 is 4.62. The van der Waals surface area contributed by atoms with E-state index in [1.54, 1.807) is 0 Å². The van der Waals surface area contributed by atoms with E-state index in [0.29, 0.717) is 26.2 Å². The van der Waals surface area contributed by atoms with Gasteiger partial charge >= 0.3 is 0 Å². The van der Waals surface area contributed by atoms with Crippen LogP contribution in [-0.4, -0.2) is 24.7 Å². The molecule has 100 valence electrons. The first kappa shape index (κ1) is 14.8. The number of ether oxygens (including phenoxy) is 1. The van der Waals surface area contributed by atoms with Gasteiger partial charge in [-0.15, -0.1) is 0 Å². The smallest absolute Gasteiger partial charge is 0.182 e. The van der Waals surface area contributed by atoms with Gasteiger partial charge in [-0.05, 0) is 25.5 Å². The average molecular weight is 274 g/mol. The quantitative estimate of drug-likeness (QED) is 0.592. The molecule has 18 heavy (non-hydrogen) atoms. The lowest BCUT2D eigenvalue weighted by atomic mass is 10.1. The maximum atomic E-state index is 13.6. The SMILES string of the molecule is CCOCCCNc1ccc(C(N)=S)c(F)c1F. The lowest BCUT2D eigenvalue weighted by Gasteiger charge is -2.10. The maximum absolute atomic E-state index is 13.6. The highest BCUT2D eigenvalue weighted by molar-refractivity contribution is 7.80. The molecule has 3 nitrogen and oxygen atoms in total. The van der Waals surface area contributed by atoms with Gasteiger partial charge in [-0.25, -0.2) is 8.78 Å². The molecule has 0 aromatic heterocycles. The van der Waals surface area contributed by atoms with Gasteiger partial charge in [-0.2, -0.15) is 0 Å². The standard InChI is InChI=1S/C12H16F2N2OS/c1-2-17-7-3-6-16-9-5-4-8(12(15)18)10(13)11(9)14/h4-5,16H,2-3,6-7H2,1H3,(H2,15,18). The average Bonchev–Trinajstić information content (AvgIpc) is 2.33. The number of halogens is 2. The molecule has 0 unspecified atom stereocenters. The summed E-state index contributed by atoms with van der Waals surface area (Å²) in [7, 11) is 0. The van der Waals surface area contributed by atoms with Crippen molar-refractivity contribution in [1.29, 1.82) is 0 Å². The summed E-state index contributed by atoms with van der Waals surface area (Å²) in [6.45, 7) is 3.63. The minimum Gasteiger partial charge on any atom is -0.389 e. The molecule has 1 aromatic carbocycles. The zero-order valence-electron chi connectivity index (χ0n) is 10.1. The molecule has 0 saturated carbocycles. The Morgan fingerprint density at radius 2 is 2.11 bits per heavy atom. The van der Waals surface area contributed by atoms with Gasteiger partial charge in [-0.1, -0.05) is 12.2 Å². The largest absolute Gasteiger partial charge is 0.389 e. The summed E-state index contributed by atoms with van der Waals surface area (Å²) < 4.78 is 32.3. The van der Waals surface area contributed by atoms with Crippen LogP contribution in [0.4, 0.5) is 14.5 Å². The highest BCUT2D eigenvalue weighted by atomic mass is 32.1. The van der Waals surface area contributed by atoms with Gasteiger partial charge in [-0.3, -0.25) is 0 Å². The van der Waals surface area contributed by atoms with Crippen molar-refractivity contribution in [3.05, 3.63) is 29.3 Å². The highest BCUT2D eigenvalue weighted by Crippen LogP contribution is 2.20. The second-order valence-corrected chi connectivity index (χ2v) is 4.07. The summed E-state index contributed by atoms with van der Waals surface area (Å²) in [5.41, 5.74) is 5.30. The number of hydrogen-bond donors (Lipinski definition) is 2. The van der Waals surface area contributed by atoms with Gasteiger partial charge in [0, 0.05) is 25.3 Å². The van der Waals surface area contributed by atoms with Crippen LogP contribution >= 0.6 is 12.2 Å². The normalized spacial score (nSPS) is 10.4. The van der Waals surface area contributed by atoms with Gasteiger partial charge in [0.15, 0.2) is 11.6 Å². The number of rotatable bonds is 7. The molecular formula is C12H16F2N2OS. The van der Waals surface area contributed by atoms with Crippen molar-refractivity contribution in [2.75, 3.05) is 25.1 Å². The molecule has 1 rings (SSSR count). The summed E-state index contributed by atoms with van der Waals surface area (Å²) in [6, 6.07) is 2.79. The predicted octanol–water partition coefficient (Wildman–Crippen LogP) is 2.44. The van der Waals surface area contributed by atoms with E-state index >= 15 is 0 Å². The molecule has 0 amide bonds. The van der Waals surface area contributed by atoms with Crippen LogP contribution in [-0.2, 0) is 4.74 Å². The zero-order chi connectivity index (χ0) is 13.5. The topological polar surface area (TPSA) is 47.3 Å². The molecule has 0 spiro atoms. The van der Waals surface area contributed by atoms with Crippen molar-refractivity contribution in [3.63, 3.8) is 0 Å². The van der Waals surface area contributed by atoms with E-state index < -0.39 is 11.6 Å². The molecule has 0 aliphatic heterocycles. The minimum atomic E-state index is -1.02. The number of anilines is 1. The highest BCUT2D eigenvalue weighted by Gasteiger charge is 2.14. The number of thiocarbonyl (C=S) groups is 1. The molecule has 0 heterocycles. The van der Waals surface area contributed by atoms with E-state index in [1.807, 2.05) is 6.92 Å². The van der Waals surface area contributed by atoms with E-state index in [9.17, 15) is 8.78 Å². The third-order valence-corrected chi connectivity index (χ3v) is 2.55. The predicted molar refractivity (Wildman–Crippen MR) is 71.8 cm³/mol. The van der Waals surface area contributed by atoms with Crippen LogP contribution < -0.4 is 11.1 Å². The monoisotopic (exact) mass is 274 g/mol. The molecule has 0 saturated heterocycles. The Hall–Kier alpha value is -1.27. The van der Waals surface area contributed by atoms with Gasteiger partial charge in [0.2, 0.25) is 0 Å². The van der Waals surface area contributed by atoms with Crippen molar-refractivity contribution in [2.24, 2.45) is 5.73 Å². The summed E-state index contributed by atoms with van der Waals surface area (Å²) in [5.74, 6) is -1.98. The molecule has 6 heteroatoms. The molecule has 0 aliphatic carbocycles. The molecule has 3 N–H and O–H groups in total. The van der Waals surface area contributed by atoms with Crippen molar-refractivity contribution in [1.82, 2.24) is 0 Å². The van der Waals surface area contributed by atoms with Crippen LogP contribution in [0, 0.1) is 11.6 Å². The lowest BCUT2D eigenvalue weighted by Crippen LogP contribution is -2.14. The third-order valence-electron chi connectivity index (χ3n) is 2.33. The number of hydrogen-bond acceptors (Lipinski definition) is 3.